The molecule has 0 saturated heterocycles. The molecule has 1 aliphatic heterocycles. The molecule has 1 fully saturated rings. The van der Waals surface area contributed by atoms with Crippen molar-refractivity contribution in [2.24, 2.45) is 22.7 Å². The SMILES string of the molecule is C[C@H]1CC[C@@]2(CO)C(CO)=CCC[C@H]2[C@]1(C)CCC1=CC(=O)OC1. The van der Waals surface area contributed by atoms with Crippen LogP contribution in [0.5, 0.6) is 0 Å². The summed E-state index contributed by atoms with van der Waals surface area (Å²) in [6.07, 6.45) is 9.74. The topological polar surface area (TPSA) is 66.8 Å². The number of hydrogen-bond acceptors (Lipinski definition) is 4. The Bertz CT molecular complexity index is 564. The van der Waals surface area contributed by atoms with Crippen LogP contribution in [0.4, 0.5) is 0 Å². The van der Waals surface area contributed by atoms with E-state index in [4.69, 9.17) is 4.74 Å². The summed E-state index contributed by atoms with van der Waals surface area (Å²) in [7, 11) is 0. The predicted octanol–water partition coefficient (Wildman–Crippen LogP) is 2.99. The quantitative estimate of drug-likeness (QED) is 0.599. The maximum Gasteiger partial charge on any atom is 0.331 e. The number of carbonyl (C=O) groups excluding carboxylic acids is 1. The van der Waals surface area contributed by atoms with Gasteiger partial charge in [0.15, 0.2) is 0 Å². The first-order valence-electron chi connectivity index (χ1n) is 9.23. The van der Waals surface area contributed by atoms with E-state index in [9.17, 15) is 15.0 Å². The molecule has 0 amide bonds. The van der Waals surface area contributed by atoms with Gasteiger partial charge in [-0.2, -0.15) is 0 Å². The van der Waals surface area contributed by atoms with Crippen molar-refractivity contribution in [1.29, 1.82) is 0 Å². The molecule has 2 N–H and O–H groups in total. The number of aliphatic hydroxyl groups is 2. The molecule has 4 atom stereocenters. The van der Waals surface area contributed by atoms with Crippen molar-refractivity contribution >= 4 is 5.97 Å². The van der Waals surface area contributed by atoms with Gasteiger partial charge in [0.1, 0.15) is 6.61 Å². The van der Waals surface area contributed by atoms with Gasteiger partial charge in [-0.3, -0.25) is 0 Å². The lowest BCUT2D eigenvalue weighted by Crippen LogP contribution is -2.53. The second-order valence-corrected chi connectivity index (χ2v) is 8.19. The van der Waals surface area contributed by atoms with E-state index in [-0.39, 0.29) is 30.0 Å². The lowest BCUT2D eigenvalue weighted by Gasteiger charge is -2.59. The van der Waals surface area contributed by atoms with Gasteiger partial charge in [0, 0.05) is 11.5 Å². The Balaban J connectivity index is 1.86. The maximum absolute atomic E-state index is 11.3. The molecule has 0 bridgehead atoms. The van der Waals surface area contributed by atoms with E-state index in [0.717, 1.165) is 49.7 Å². The summed E-state index contributed by atoms with van der Waals surface area (Å²) in [5, 5.41) is 20.1. The van der Waals surface area contributed by atoms with Gasteiger partial charge < -0.3 is 14.9 Å². The Labute approximate surface area is 144 Å². The van der Waals surface area contributed by atoms with Crippen LogP contribution in [0.3, 0.4) is 0 Å². The minimum absolute atomic E-state index is 0.0506. The number of rotatable bonds is 5. The van der Waals surface area contributed by atoms with Crippen LogP contribution in [0.25, 0.3) is 0 Å². The van der Waals surface area contributed by atoms with E-state index in [1.165, 1.54) is 0 Å². The molecule has 0 unspecified atom stereocenters. The van der Waals surface area contributed by atoms with Crippen molar-refractivity contribution < 1.29 is 19.7 Å². The number of aliphatic hydroxyl groups excluding tert-OH is 2. The summed E-state index contributed by atoms with van der Waals surface area (Å²) < 4.78 is 5.03. The number of ether oxygens (including phenoxy) is 1. The fourth-order valence-corrected chi connectivity index (χ4v) is 5.49. The number of allylic oxidation sites excluding steroid dienone is 1. The molecule has 0 aromatic carbocycles. The standard InChI is InChI=1S/C20H30O4/c1-14-6-9-20(13-22)16(11-21)4-3-5-17(20)19(14,2)8-7-15-10-18(23)24-12-15/h4,10,14,17,21-22H,3,5-9,11-13H2,1-2H3/t14-,17-,19+,20+/m0/s1. The first kappa shape index (κ1) is 17.7. The lowest BCUT2D eigenvalue weighted by molar-refractivity contribution is -0.134. The van der Waals surface area contributed by atoms with Gasteiger partial charge in [-0.25, -0.2) is 4.79 Å². The minimum atomic E-state index is -0.259. The van der Waals surface area contributed by atoms with Crippen LogP contribution >= 0.6 is 0 Å². The van der Waals surface area contributed by atoms with Gasteiger partial charge in [0.05, 0.1) is 13.2 Å². The fourth-order valence-electron chi connectivity index (χ4n) is 5.49. The van der Waals surface area contributed by atoms with E-state index >= 15 is 0 Å². The largest absolute Gasteiger partial charge is 0.458 e. The van der Waals surface area contributed by atoms with Gasteiger partial charge in [0.2, 0.25) is 0 Å². The zero-order valence-corrected chi connectivity index (χ0v) is 14.9. The van der Waals surface area contributed by atoms with Crippen LogP contribution in [0.2, 0.25) is 0 Å². The highest BCUT2D eigenvalue weighted by Crippen LogP contribution is 2.61. The zero-order chi connectivity index (χ0) is 17.4. The van der Waals surface area contributed by atoms with Gasteiger partial charge >= 0.3 is 5.97 Å². The average Bonchev–Trinajstić information content (AvgIpc) is 3.01. The Kier molecular flexibility index (Phi) is 4.89. The van der Waals surface area contributed by atoms with Crippen LogP contribution in [-0.4, -0.2) is 36.0 Å². The van der Waals surface area contributed by atoms with Gasteiger partial charge in [-0.1, -0.05) is 19.9 Å². The second-order valence-electron chi connectivity index (χ2n) is 8.19. The van der Waals surface area contributed by atoms with Crippen LogP contribution in [0.1, 0.15) is 52.4 Å². The molecule has 0 radical (unpaired) electrons. The number of hydrogen-bond donors (Lipinski definition) is 2. The summed E-state index contributed by atoms with van der Waals surface area (Å²) in [5.41, 5.74) is 1.97. The summed E-state index contributed by atoms with van der Waals surface area (Å²) >= 11 is 0. The molecular weight excluding hydrogens is 304 g/mol. The normalized spacial score (nSPS) is 39.1. The summed E-state index contributed by atoms with van der Waals surface area (Å²) in [6, 6.07) is 0. The maximum atomic E-state index is 11.3. The van der Waals surface area contributed by atoms with Crippen molar-refractivity contribution in [1.82, 2.24) is 0 Å². The molecule has 1 saturated carbocycles. The third-order valence-corrected chi connectivity index (χ3v) is 7.26. The van der Waals surface area contributed by atoms with Crippen molar-refractivity contribution in [3.63, 3.8) is 0 Å². The molecule has 0 spiro atoms. The number of esters is 1. The molecule has 2 aliphatic carbocycles. The highest BCUT2D eigenvalue weighted by molar-refractivity contribution is 5.85. The first-order chi connectivity index (χ1) is 11.5. The molecule has 3 aliphatic rings. The highest BCUT2D eigenvalue weighted by atomic mass is 16.5. The third-order valence-electron chi connectivity index (χ3n) is 7.26. The first-order valence-corrected chi connectivity index (χ1v) is 9.23. The van der Waals surface area contributed by atoms with Gasteiger partial charge in [-0.15, -0.1) is 0 Å². The van der Waals surface area contributed by atoms with E-state index in [0.29, 0.717) is 18.4 Å². The van der Waals surface area contributed by atoms with Crippen molar-refractivity contribution in [3.05, 3.63) is 23.3 Å². The van der Waals surface area contributed by atoms with Crippen LogP contribution < -0.4 is 0 Å². The second kappa shape index (κ2) is 6.64. The smallest absolute Gasteiger partial charge is 0.331 e. The van der Waals surface area contributed by atoms with E-state index in [2.05, 4.69) is 19.9 Å². The zero-order valence-electron chi connectivity index (χ0n) is 14.9. The molecule has 3 rings (SSSR count). The number of cyclic esters (lactones) is 1. The molecule has 0 aromatic heterocycles. The van der Waals surface area contributed by atoms with Crippen LogP contribution in [0, 0.1) is 22.7 Å². The Morgan fingerprint density at radius 3 is 2.75 bits per heavy atom. The Morgan fingerprint density at radius 1 is 1.33 bits per heavy atom. The van der Waals surface area contributed by atoms with Gasteiger partial charge in [-0.05, 0) is 66.9 Å². The fraction of sp³-hybridized carbons (Fsp3) is 0.750. The summed E-state index contributed by atoms with van der Waals surface area (Å²) in [4.78, 5) is 11.3. The number of fused-ring (bicyclic) bond motifs is 1. The average molecular weight is 334 g/mol. The molecule has 0 aromatic rings. The molecule has 4 heteroatoms. The molecular formula is C20H30O4. The monoisotopic (exact) mass is 334 g/mol. The molecule has 134 valence electrons. The Morgan fingerprint density at radius 2 is 2.12 bits per heavy atom. The predicted molar refractivity (Wildman–Crippen MR) is 92.2 cm³/mol. The van der Waals surface area contributed by atoms with E-state index < -0.39 is 0 Å². The highest BCUT2D eigenvalue weighted by Gasteiger charge is 2.55. The van der Waals surface area contributed by atoms with Crippen LogP contribution in [-0.2, 0) is 9.53 Å². The summed E-state index contributed by atoms with van der Waals surface area (Å²) in [5.74, 6) is 0.725. The molecule has 4 nitrogen and oxygen atoms in total. The minimum Gasteiger partial charge on any atom is -0.458 e. The summed E-state index contributed by atoms with van der Waals surface area (Å²) in [6.45, 7) is 5.28. The van der Waals surface area contributed by atoms with E-state index in [1.54, 1.807) is 6.08 Å². The number of carbonyl (C=O) groups is 1. The van der Waals surface area contributed by atoms with E-state index in [1.807, 2.05) is 0 Å². The Hall–Kier alpha value is -1.13. The van der Waals surface area contributed by atoms with Crippen molar-refractivity contribution in [2.75, 3.05) is 19.8 Å². The molecule has 24 heavy (non-hydrogen) atoms. The third kappa shape index (κ3) is 2.74. The van der Waals surface area contributed by atoms with Gasteiger partial charge in [0.25, 0.3) is 0 Å². The lowest BCUT2D eigenvalue weighted by atomic mass is 9.46. The molecule has 1 heterocycles. The van der Waals surface area contributed by atoms with Crippen molar-refractivity contribution in [3.8, 4) is 0 Å². The van der Waals surface area contributed by atoms with Crippen molar-refractivity contribution in [2.45, 2.75) is 52.4 Å². The van der Waals surface area contributed by atoms with Crippen LogP contribution in [0.15, 0.2) is 23.3 Å².